The molecule has 1 heterocycles. The Kier molecular flexibility index (Phi) is 5.96. The van der Waals surface area contributed by atoms with Crippen LogP contribution in [0.4, 0.5) is 8.78 Å². The molecule has 0 amide bonds. The van der Waals surface area contributed by atoms with Gasteiger partial charge >= 0.3 is 6.55 Å². The number of carbonyl (C=O) groups excluding carboxylic acids is 1. The third kappa shape index (κ3) is 3.61. The fourth-order valence-corrected chi connectivity index (χ4v) is 2.95. The van der Waals surface area contributed by atoms with Crippen LogP contribution >= 0.6 is 40.2 Å². The van der Waals surface area contributed by atoms with Gasteiger partial charge < -0.3 is 0 Å². The SMILES string of the molecule is Br.O=C(C[n+]1cn(C(F)F)c2ccccc21)c1ccc(Cl)cc1Cl. The van der Waals surface area contributed by atoms with Crippen molar-refractivity contribution in [3.63, 3.8) is 0 Å². The zero-order valence-electron chi connectivity index (χ0n) is 12.1. The molecule has 0 radical (unpaired) electrons. The van der Waals surface area contributed by atoms with E-state index in [0.29, 0.717) is 21.6 Å². The van der Waals surface area contributed by atoms with Crippen molar-refractivity contribution in [2.75, 3.05) is 0 Å². The van der Waals surface area contributed by atoms with E-state index in [2.05, 4.69) is 0 Å². The van der Waals surface area contributed by atoms with Crippen molar-refractivity contribution in [3.8, 4) is 0 Å². The summed E-state index contributed by atoms with van der Waals surface area (Å²) in [5.41, 5.74) is 1.21. The lowest BCUT2D eigenvalue weighted by Crippen LogP contribution is -2.37. The summed E-state index contributed by atoms with van der Waals surface area (Å²) >= 11 is 11.8. The molecule has 3 rings (SSSR count). The number of rotatable bonds is 4. The second-order valence-corrected chi connectivity index (χ2v) is 5.81. The van der Waals surface area contributed by atoms with Gasteiger partial charge in [-0.2, -0.15) is 13.3 Å². The van der Waals surface area contributed by atoms with Gasteiger partial charge in [-0.15, -0.1) is 17.0 Å². The summed E-state index contributed by atoms with van der Waals surface area (Å²) in [6.07, 6.45) is 1.23. The third-order valence-corrected chi connectivity index (χ3v) is 4.04. The number of carbonyl (C=O) groups is 1. The molecule has 126 valence electrons. The first-order valence-corrected chi connectivity index (χ1v) is 7.48. The summed E-state index contributed by atoms with van der Waals surface area (Å²) in [6.45, 7) is -2.78. The van der Waals surface area contributed by atoms with Gasteiger partial charge in [-0.1, -0.05) is 35.3 Å². The number of Topliss-reactive ketones (excluding diaryl/α,β-unsaturated/α-hetero) is 1. The molecule has 8 heteroatoms. The summed E-state index contributed by atoms with van der Waals surface area (Å²) in [4.78, 5) is 12.4. The number of fused-ring (bicyclic) bond motifs is 1. The van der Waals surface area contributed by atoms with Crippen LogP contribution in [0.25, 0.3) is 11.0 Å². The van der Waals surface area contributed by atoms with Gasteiger partial charge in [-0.05, 0) is 30.3 Å². The zero-order chi connectivity index (χ0) is 16.6. The molecule has 0 spiro atoms. The summed E-state index contributed by atoms with van der Waals surface area (Å²) in [6, 6.07) is 11.2. The highest BCUT2D eigenvalue weighted by Crippen LogP contribution is 2.22. The summed E-state index contributed by atoms with van der Waals surface area (Å²) in [5.74, 6) is -0.283. The minimum absolute atomic E-state index is 0. The molecule has 0 aliphatic carbocycles. The molecule has 0 saturated heterocycles. The van der Waals surface area contributed by atoms with E-state index in [4.69, 9.17) is 23.2 Å². The Bertz CT molecular complexity index is 899. The summed E-state index contributed by atoms with van der Waals surface area (Å²) < 4.78 is 28.5. The summed E-state index contributed by atoms with van der Waals surface area (Å²) in [5, 5.41) is 0.661. The zero-order valence-corrected chi connectivity index (χ0v) is 15.4. The van der Waals surface area contributed by atoms with E-state index in [9.17, 15) is 13.6 Å². The van der Waals surface area contributed by atoms with E-state index in [1.165, 1.54) is 23.0 Å². The summed E-state index contributed by atoms with van der Waals surface area (Å²) in [7, 11) is 0. The predicted octanol–water partition coefficient (Wildman–Crippen LogP) is 5.09. The second kappa shape index (κ2) is 7.59. The smallest absolute Gasteiger partial charge is 0.290 e. The lowest BCUT2D eigenvalue weighted by atomic mass is 10.1. The molecule has 0 unspecified atom stereocenters. The molecular weight excluding hydrogens is 425 g/mol. The first kappa shape index (κ1) is 18.8. The highest BCUT2D eigenvalue weighted by Gasteiger charge is 2.23. The van der Waals surface area contributed by atoms with Gasteiger partial charge in [0.15, 0.2) is 17.6 Å². The number of halogens is 5. The van der Waals surface area contributed by atoms with Gasteiger partial charge in [0.25, 0.3) is 0 Å². The van der Waals surface area contributed by atoms with E-state index in [1.54, 1.807) is 30.3 Å². The highest BCUT2D eigenvalue weighted by molar-refractivity contribution is 8.93. The quantitative estimate of drug-likeness (QED) is 0.413. The normalized spacial score (nSPS) is 10.9. The van der Waals surface area contributed by atoms with Gasteiger partial charge in [-0.3, -0.25) is 4.79 Å². The number of alkyl halides is 2. The van der Waals surface area contributed by atoms with Gasteiger partial charge in [0.05, 0.1) is 5.02 Å². The maximum atomic E-state index is 13.1. The Morgan fingerprint density at radius 1 is 1.17 bits per heavy atom. The maximum Gasteiger partial charge on any atom is 0.387 e. The molecule has 0 fully saturated rings. The second-order valence-electron chi connectivity index (χ2n) is 4.96. The van der Waals surface area contributed by atoms with Crippen molar-refractivity contribution in [1.82, 2.24) is 4.57 Å². The fraction of sp³-hybridized carbons (Fsp3) is 0.125. The van der Waals surface area contributed by atoms with E-state index in [-0.39, 0.29) is 34.3 Å². The number of hydrogen-bond acceptors (Lipinski definition) is 1. The van der Waals surface area contributed by atoms with Crippen molar-refractivity contribution in [2.24, 2.45) is 0 Å². The van der Waals surface area contributed by atoms with Crippen molar-refractivity contribution in [2.45, 2.75) is 13.1 Å². The Labute approximate surface area is 157 Å². The number of para-hydroxylation sites is 2. The fourth-order valence-electron chi connectivity index (χ4n) is 2.44. The number of hydrogen-bond donors (Lipinski definition) is 0. The van der Waals surface area contributed by atoms with Crippen molar-refractivity contribution >= 4 is 57.0 Å². The Morgan fingerprint density at radius 2 is 1.88 bits per heavy atom. The topological polar surface area (TPSA) is 25.9 Å². The number of ketones is 1. The van der Waals surface area contributed by atoms with E-state index < -0.39 is 6.55 Å². The number of benzene rings is 2. The molecular formula is C16H12BrCl2F2N2O+. The van der Waals surface area contributed by atoms with Gasteiger partial charge in [0.2, 0.25) is 12.1 Å². The number of nitrogens with zero attached hydrogens (tertiary/aromatic N) is 2. The van der Waals surface area contributed by atoms with Crippen LogP contribution in [0.2, 0.25) is 10.0 Å². The van der Waals surface area contributed by atoms with E-state index in [0.717, 1.165) is 4.57 Å². The predicted molar refractivity (Wildman–Crippen MR) is 94.5 cm³/mol. The third-order valence-electron chi connectivity index (χ3n) is 3.49. The highest BCUT2D eigenvalue weighted by atomic mass is 79.9. The molecule has 3 nitrogen and oxygen atoms in total. The Morgan fingerprint density at radius 3 is 2.54 bits per heavy atom. The average molecular weight is 437 g/mol. The largest absolute Gasteiger partial charge is 0.387 e. The minimum Gasteiger partial charge on any atom is -0.290 e. The van der Waals surface area contributed by atoms with Crippen molar-refractivity contribution in [1.29, 1.82) is 0 Å². The van der Waals surface area contributed by atoms with Crippen LogP contribution in [0.1, 0.15) is 16.9 Å². The lowest BCUT2D eigenvalue weighted by Gasteiger charge is -2.02. The Balaban J connectivity index is 0.00000208. The van der Waals surface area contributed by atoms with E-state index >= 15 is 0 Å². The van der Waals surface area contributed by atoms with Gasteiger partial charge in [0, 0.05) is 10.6 Å². The lowest BCUT2D eigenvalue weighted by molar-refractivity contribution is -0.658. The molecule has 0 saturated carbocycles. The van der Waals surface area contributed by atoms with Gasteiger partial charge in [0.1, 0.15) is 0 Å². The molecule has 3 aromatic rings. The van der Waals surface area contributed by atoms with Crippen molar-refractivity contribution in [3.05, 3.63) is 64.4 Å². The van der Waals surface area contributed by atoms with Crippen LogP contribution in [0.5, 0.6) is 0 Å². The molecule has 24 heavy (non-hydrogen) atoms. The minimum atomic E-state index is -2.68. The first-order chi connectivity index (χ1) is 11.0. The molecule has 2 aromatic carbocycles. The molecule has 0 N–H and O–H groups in total. The maximum absolute atomic E-state index is 13.1. The monoisotopic (exact) mass is 435 g/mol. The van der Waals surface area contributed by atoms with Crippen LogP contribution in [0, 0.1) is 0 Å². The van der Waals surface area contributed by atoms with Crippen LogP contribution in [0.15, 0.2) is 48.8 Å². The number of aromatic nitrogens is 2. The van der Waals surface area contributed by atoms with Crippen LogP contribution < -0.4 is 4.57 Å². The standard InChI is InChI=1S/C16H11Cl2F2N2O.BrH/c17-10-5-6-11(12(18)7-10)15(23)8-21-9-22(16(19)20)14-4-2-1-3-13(14)21;/h1-7,9,16H,8H2;1H/q+1;. The molecule has 0 aliphatic heterocycles. The van der Waals surface area contributed by atoms with Crippen molar-refractivity contribution < 1.29 is 18.1 Å². The first-order valence-electron chi connectivity index (χ1n) is 6.73. The number of imidazole rings is 1. The molecule has 0 aliphatic rings. The van der Waals surface area contributed by atoms with Crippen LogP contribution in [-0.4, -0.2) is 10.4 Å². The molecule has 0 atom stereocenters. The van der Waals surface area contributed by atoms with Crippen LogP contribution in [0.3, 0.4) is 0 Å². The molecule has 0 bridgehead atoms. The average Bonchev–Trinajstić information content (AvgIpc) is 2.86. The van der Waals surface area contributed by atoms with Gasteiger partial charge in [-0.25, -0.2) is 4.57 Å². The van der Waals surface area contributed by atoms with E-state index in [1.807, 2.05) is 0 Å². The Hall–Kier alpha value is -1.50. The molecule has 1 aromatic heterocycles. The van der Waals surface area contributed by atoms with Crippen LogP contribution in [-0.2, 0) is 6.54 Å².